The summed E-state index contributed by atoms with van der Waals surface area (Å²) in [6.45, 7) is 3.93. The van der Waals surface area contributed by atoms with Crippen LogP contribution in [0.1, 0.15) is 34.5 Å². The van der Waals surface area contributed by atoms with Gasteiger partial charge >= 0.3 is 0 Å². The number of rotatable bonds is 4. The number of aromatic nitrogens is 2. The SMILES string of the molecule is Cc1nn(Cc2cccc(Cl)c2)cc1C(=O)N1CCCC(CO)C1. The Morgan fingerprint density at radius 1 is 1.46 bits per heavy atom. The lowest BCUT2D eigenvalue weighted by Gasteiger charge is -2.31. The maximum absolute atomic E-state index is 12.8. The van der Waals surface area contributed by atoms with E-state index in [1.165, 1.54) is 0 Å². The second-order valence-corrected chi connectivity index (χ2v) is 6.83. The first-order valence-electron chi connectivity index (χ1n) is 8.25. The van der Waals surface area contributed by atoms with Gasteiger partial charge < -0.3 is 10.0 Å². The second-order valence-electron chi connectivity index (χ2n) is 6.40. The smallest absolute Gasteiger partial charge is 0.257 e. The van der Waals surface area contributed by atoms with Crippen molar-refractivity contribution < 1.29 is 9.90 Å². The summed E-state index contributed by atoms with van der Waals surface area (Å²) in [6.07, 6.45) is 3.72. The Bertz CT molecular complexity index is 729. The first-order valence-corrected chi connectivity index (χ1v) is 8.63. The number of carbonyl (C=O) groups excluding carboxylic acids is 1. The van der Waals surface area contributed by atoms with Crippen LogP contribution in [0.2, 0.25) is 5.02 Å². The van der Waals surface area contributed by atoms with Crippen LogP contribution in [0, 0.1) is 12.8 Å². The van der Waals surface area contributed by atoms with E-state index in [0.717, 1.165) is 30.6 Å². The molecule has 2 aromatic rings. The van der Waals surface area contributed by atoms with Crippen molar-refractivity contribution in [3.63, 3.8) is 0 Å². The summed E-state index contributed by atoms with van der Waals surface area (Å²) in [7, 11) is 0. The number of benzene rings is 1. The van der Waals surface area contributed by atoms with Gasteiger partial charge in [0.05, 0.1) is 17.8 Å². The normalized spacial score (nSPS) is 18.0. The largest absolute Gasteiger partial charge is 0.396 e. The van der Waals surface area contributed by atoms with E-state index in [2.05, 4.69) is 5.10 Å². The van der Waals surface area contributed by atoms with E-state index in [0.29, 0.717) is 23.7 Å². The molecule has 6 heteroatoms. The molecular weight excluding hydrogens is 326 g/mol. The van der Waals surface area contributed by atoms with Gasteiger partial charge in [-0.1, -0.05) is 23.7 Å². The highest BCUT2D eigenvalue weighted by molar-refractivity contribution is 6.30. The summed E-state index contributed by atoms with van der Waals surface area (Å²) in [5, 5.41) is 14.5. The zero-order chi connectivity index (χ0) is 17.1. The number of amides is 1. The number of aliphatic hydroxyl groups excluding tert-OH is 1. The minimum atomic E-state index is 0.00277. The molecule has 0 radical (unpaired) electrons. The fourth-order valence-electron chi connectivity index (χ4n) is 3.20. The molecule has 1 aliphatic rings. The highest BCUT2D eigenvalue weighted by Crippen LogP contribution is 2.20. The molecule has 1 aliphatic heterocycles. The third-order valence-corrected chi connectivity index (χ3v) is 4.71. The quantitative estimate of drug-likeness (QED) is 0.925. The Labute approximate surface area is 146 Å². The van der Waals surface area contributed by atoms with Gasteiger partial charge in [0.2, 0.25) is 0 Å². The molecule has 1 saturated heterocycles. The fraction of sp³-hybridized carbons (Fsp3) is 0.444. The van der Waals surface area contributed by atoms with E-state index < -0.39 is 0 Å². The lowest BCUT2D eigenvalue weighted by molar-refractivity contribution is 0.0620. The van der Waals surface area contributed by atoms with Gasteiger partial charge in [0.1, 0.15) is 0 Å². The molecule has 0 bridgehead atoms. The van der Waals surface area contributed by atoms with Crippen LogP contribution < -0.4 is 0 Å². The minimum Gasteiger partial charge on any atom is -0.396 e. The highest BCUT2D eigenvalue weighted by Gasteiger charge is 2.26. The van der Waals surface area contributed by atoms with E-state index in [-0.39, 0.29) is 18.4 Å². The van der Waals surface area contributed by atoms with Gasteiger partial charge in [-0.2, -0.15) is 5.10 Å². The predicted molar refractivity (Wildman–Crippen MR) is 93.2 cm³/mol. The molecule has 5 nitrogen and oxygen atoms in total. The monoisotopic (exact) mass is 347 g/mol. The van der Waals surface area contributed by atoms with Gasteiger partial charge in [-0.15, -0.1) is 0 Å². The van der Waals surface area contributed by atoms with Crippen LogP contribution in [0.4, 0.5) is 0 Å². The van der Waals surface area contributed by atoms with Crippen LogP contribution in [-0.4, -0.2) is 45.4 Å². The van der Waals surface area contributed by atoms with Crippen LogP contribution >= 0.6 is 11.6 Å². The summed E-state index contributed by atoms with van der Waals surface area (Å²) >= 11 is 6.02. The van der Waals surface area contributed by atoms with E-state index in [1.807, 2.05) is 36.1 Å². The predicted octanol–water partition coefficient (Wildman–Crippen LogP) is 2.74. The van der Waals surface area contributed by atoms with Crippen molar-refractivity contribution in [3.05, 3.63) is 52.3 Å². The van der Waals surface area contributed by atoms with Gasteiger partial charge in [-0.25, -0.2) is 0 Å². The summed E-state index contributed by atoms with van der Waals surface area (Å²) < 4.78 is 1.78. The first kappa shape index (κ1) is 17.0. The number of halogens is 1. The Balaban J connectivity index is 1.74. The molecule has 2 heterocycles. The summed E-state index contributed by atoms with van der Waals surface area (Å²) in [5.41, 5.74) is 2.41. The topological polar surface area (TPSA) is 58.4 Å². The number of aliphatic hydroxyl groups is 1. The average Bonchev–Trinajstić information content (AvgIpc) is 2.94. The molecule has 1 amide bonds. The molecule has 1 aromatic carbocycles. The molecule has 0 spiro atoms. The highest BCUT2D eigenvalue weighted by atomic mass is 35.5. The summed E-state index contributed by atoms with van der Waals surface area (Å²) in [5.74, 6) is 0.188. The van der Waals surface area contributed by atoms with Gasteiger partial charge in [-0.3, -0.25) is 9.48 Å². The molecule has 1 unspecified atom stereocenters. The van der Waals surface area contributed by atoms with Crippen LogP contribution in [0.5, 0.6) is 0 Å². The number of hydrogen-bond acceptors (Lipinski definition) is 3. The molecular formula is C18H22ClN3O2. The second kappa shape index (κ2) is 7.36. The van der Waals surface area contributed by atoms with E-state index in [1.54, 1.807) is 10.9 Å². The number of carbonyl (C=O) groups is 1. The van der Waals surface area contributed by atoms with Crippen LogP contribution in [-0.2, 0) is 6.54 Å². The Hall–Kier alpha value is -1.85. The lowest BCUT2D eigenvalue weighted by Crippen LogP contribution is -2.41. The van der Waals surface area contributed by atoms with Gasteiger partial charge in [-0.05, 0) is 43.4 Å². The first-order chi connectivity index (χ1) is 11.6. The molecule has 1 atom stereocenters. The van der Waals surface area contributed by atoms with Crippen molar-refractivity contribution in [2.45, 2.75) is 26.3 Å². The van der Waals surface area contributed by atoms with Gasteiger partial charge in [0.25, 0.3) is 5.91 Å². The van der Waals surface area contributed by atoms with Crippen molar-refractivity contribution in [1.82, 2.24) is 14.7 Å². The van der Waals surface area contributed by atoms with E-state index >= 15 is 0 Å². The molecule has 3 rings (SSSR count). The number of aryl methyl sites for hydroxylation is 1. The third-order valence-electron chi connectivity index (χ3n) is 4.47. The maximum Gasteiger partial charge on any atom is 0.257 e. The number of nitrogens with zero attached hydrogens (tertiary/aromatic N) is 3. The van der Waals surface area contributed by atoms with Gasteiger partial charge in [0.15, 0.2) is 0 Å². The van der Waals surface area contributed by atoms with Gasteiger partial charge in [0, 0.05) is 30.9 Å². The summed E-state index contributed by atoms with van der Waals surface area (Å²) in [4.78, 5) is 14.6. The zero-order valence-corrected chi connectivity index (χ0v) is 14.5. The minimum absolute atomic E-state index is 0.00277. The van der Waals surface area contributed by atoms with E-state index in [9.17, 15) is 9.90 Å². The molecule has 1 aromatic heterocycles. The molecule has 0 saturated carbocycles. The number of hydrogen-bond donors (Lipinski definition) is 1. The van der Waals surface area contributed by atoms with Crippen molar-refractivity contribution in [2.24, 2.45) is 5.92 Å². The zero-order valence-electron chi connectivity index (χ0n) is 13.8. The van der Waals surface area contributed by atoms with Crippen LogP contribution in [0.15, 0.2) is 30.5 Å². The standard InChI is InChI=1S/C18H22ClN3O2/c1-13-17(18(24)21-7-3-5-15(9-21)12-23)11-22(20-13)10-14-4-2-6-16(19)8-14/h2,4,6,8,11,15,23H,3,5,7,9-10,12H2,1H3. The fourth-order valence-corrected chi connectivity index (χ4v) is 3.41. The molecule has 1 N–H and O–H groups in total. The Morgan fingerprint density at radius 2 is 2.29 bits per heavy atom. The van der Waals surface area contributed by atoms with Crippen LogP contribution in [0.3, 0.4) is 0 Å². The van der Waals surface area contributed by atoms with E-state index in [4.69, 9.17) is 11.6 Å². The summed E-state index contributed by atoms with van der Waals surface area (Å²) in [6, 6.07) is 7.63. The maximum atomic E-state index is 12.8. The number of likely N-dealkylation sites (tertiary alicyclic amines) is 1. The molecule has 24 heavy (non-hydrogen) atoms. The van der Waals surface area contributed by atoms with Crippen LogP contribution in [0.25, 0.3) is 0 Å². The van der Waals surface area contributed by atoms with Crippen molar-refractivity contribution in [1.29, 1.82) is 0 Å². The average molecular weight is 348 g/mol. The Morgan fingerprint density at radius 3 is 3.04 bits per heavy atom. The number of piperidine rings is 1. The molecule has 128 valence electrons. The van der Waals surface area contributed by atoms with Crippen molar-refractivity contribution in [2.75, 3.05) is 19.7 Å². The van der Waals surface area contributed by atoms with Crippen molar-refractivity contribution in [3.8, 4) is 0 Å². The molecule has 0 aliphatic carbocycles. The Kier molecular flexibility index (Phi) is 5.21. The third kappa shape index (κ3) is 3.79. The van der Waals surface area contributed by atoms with Crippen molar-refractivity contribution >= 4 is 17.5 Å². The lowest BCUT2D eigenvalue weighted by atomic mass is 9.98. The molecule has 1 fully saturated rings.